The fourth-order valence-corrected chi connectivity index (χ4v) is 3.26. The van der Waals surface area contributed by atoms with Crippen molar-refractivity contribution in [3.63, 3.8) is 0 Å². The number of carbonyl (C=O) groups is 4. The van der Waals surface area contributed by atoms with Crippen molar-refractivity contribution < 1.29 is 33.8 Å². The van der Waals surface area contributed by atoms with E-state index in [1.807, 2.05) is 0 Å². The van der Waals surface area contributed by atoms with Gasteiger partial charge in [0, 0.05) is 23.3 Å². The van der Waals surface area contributed by atoms with E-state index in [1.54, 1.807) is 18.2 Å². The zero-order chi connectivity index (χ0) is 22.3. The Morgan fingerprint density at radius 3 is 2.67 bits per heavy atom. The number of amides is 2. The fourth-order valence-electron chi connectivity index (χ4n) is 2.24. The lowest BCUT2D eigenvalue weighted by Crippen LogP contribution is -2.49. The third-order valence-electron chi connectivity index (χ3n) is 3.77. The summed E-state index contributed by atoms with van der Waals surface area (Å²) in [6.07, 6.45) is -0.341. The Hall–Kier alpha value is -2.83. The van der Waals surface area contributed by atoms with Gasteiger partial charge >= 0.3 is 11.9 Å². The van der Waals surface area contributed by atoms with Gasteiger partial charge < -0.3 is 31.0 Å². The molecule has 0 aliphatic carbocycles. The van der Waals surface area contributed by atoms with E-state index in [4.69, 9.17) is 32.0 Å². The lowest BCUT2D eigenvalue weighted by Gasteiger charge is -2.17. The van der Waals surface area contributed by atoms with E-state index in [0.29, 0.717) is 16.1 Å². The van der Waals surface area contributed by atoms with Crippen molar-refractivity contribution in [1.29, 1.82) is 0 Å². The molecule has 11 nitrogen and oxygen atoms in total. The number of aromatic nitrogens is 1. The molecule has 1 aromatic heterocycles. The van der Waals surface area contributed by atoms with E-state index in [1.165, 1.54) is 0 Å². The van der Waals surface area contributed by atoms with Crippen LogP contribution in [0.25, 0.3) is 11.1 Å². The molecule has 2 amide bonds. The van der Waals surface area contributed by atoms with E-state index >= 15 is 0 Å². The highest BCUT2D eigenvalue weighted by Crippen LogP contribution is 2.26. The van der Waals surface area contributed by atoms with E-state index in [0.717, 1.165) is 11.8 Å². The number of halogens is 1. The molecule has 0 unspecified atom stereocenters. The number of thioether (sulfide) groups is 1. The first kappa shape index (κ1) is 23.4. The van der Waals surface area contributed by atoms with Crippen molar-refractivity contribution in [3.8, 4) is 0 Å². The molecule has 0 saturated carbocycles. The molecule has 0 aliphatic rings. The lowest BCUT2D eigenvalue weighted by molar-refractivity contribution is -0.139. The molecule has 2 aromatic rings. The molecule has 0 bridgehead atoms. The van der Waals surface area contributed by atoms with Gasteiger partial charge in [-0.1, -0.05) is 23.4 Å². The third-order valence-corrected chi connectivity index (χ3v) is 4.93. The van der Waals surface area contributed by atoms with Crippen molar-refractivity contribution in [2.45, 2.75) is 30.1 Å². The summed E-state index contributed by atoms with van der Waals surface area (Å²) in [5.74, 6) is -3.83. The van der Waals surface area contributed by atoms with Gasteiger partial charge in [0.15, 0.2) is 5.58 Å². The quantitative estimate of drug-likeness (QED) is 0.296. The van der Waals surface area contributed by atoms with Gasteiger partial charge in [0.2, 0.25) is 11.8 Å². The van der Waals surface area contributed by atoms with Crippen molar-refractivity contribution in [3.05, 3.63) is 23.2 Å². The summed E-state index contributed by atoms with van der Waals surface area (Å²) in [6, 6.07) is 2.57. The molecule has 2 rings (SSSR count). The molecule has 2 atom stereocenters. The van der Waals surface area contributed by atoms with Gasteiger partial charge in [-0.15, -0.1) is 0 Å². The van der Waals surface area contributed by atoms with Gasteiger partial charge in [0.1, 0.15) is 24.1 Å². The Bertz CT molecular complexity index is 951. The summed E-state index contributed by atoms with van der Waals surface area (Å²) < 4.78 is 5.53. The van der Waals surface area contributed by atoms with Crippen LogP contribution in [0.2, 0.25) is 5.02 Å². The number of aliphatic carboxylic acids is 2. The highest BCUT2D eigenvalue weighted by Gasteiger charge is 2.23. The maximum absolute atomic E-state index is 12.3. The number of nitrogens with zero attached hydrogens (tertiary/aromatic N) is 1. The van der Waals surface area contributed by atoms with E-state index in [-0.39, 0.29) is 23.8 Å². The lowest BCUT2D eigenvalue weighted by atomic mass is 10.1. The molecule has 1 heterocycles. The zero-order valence-corrected chi connectivity index (χ0v) is 17.0. The molecule has 0 aliphatic heterocycles. The van der Waals surface area contributed by atoms with Crippen LogP contribution in [0.1, 0.15) is 12.8 Å². The van der Waals surface area contributed by atoms with Crippen molar-refractivity contribution >= 4 is 58.2 Å². The number of carboxylic acids is 2. The van der Waals surface area contributed by atoms with Crippen LogP contribution in [-0.2, 0) is 19.2 Å². The maximum Gasteiger partial charge on any atom is 0.322 e. The number of fused-ring (bicyclic) bond motifs is 1. The SMILES string of the molecule is N[C@@H](CCC(=O)N[C@@H](CSc1nc2ccc(Cl)cc2o1)C(=O)NCC(=O)O)C(=O)O. The Kier molecular flexibility index (Phi) is 8.45. The zero-order valence-electron chi connectivity index (χ0n) is 15.5. The minimum absolute atomic E-state index is 0.0112. The van der Waals surface area contributed by atoms with Gasteiger partial charge in [0.05, 0.1) is 0 Å². The van der Waals surface area contributed by atoms with Gasteiger partial charge in [-0.2, -0.15) is 0 Å². The van der Waals surface area contributed by atoms with Crippen LogP contribution in [0.3, 0.4) is 0 Å². The monoisotopic (exact) mass is 458 g/mol. The summed E-state index contributed by atoms with van der Waals surface area (Å²) >= 11 is 6.93. The number of oxazole rings is 1. The number of carbonyl (C=O) groups excluding carboxylic acids is 2. The van der Waals surface area contributed by atoms with Crippen molar-refractivity contribution in [1.82, 2.24) is 15.6 Å². The highest BCUT2D eigenvalue weighted by atomic mass is 35.5. The van der Waals surface area contributed by atoms with Crippen LogP contribution in [0.15, 0.2) is 27.8 Å². The smallest absolute Gasteiger partial charge is 0.322 e. The topological polar surface area (TPSA) is 185 Å². The minimum Gasteiger partial charge on any atom is -0.480 e. The first-order valence-corrected chi connectivity index (χ1v) is 9.98. The van der Waals surface area contributed by atoms with Crippen LogP contribution >= 0.6 is 23.4 Å². The average molecular weight is 459 g/mol. The molecule has 0 saturated heterocycles. The molecule has 0 radical (unpaired) electrons. The first-order chi connectivity index (χ1) is 14.2. The Balaban J connectivity index is 2.02. The standard InChI is InChI=1S/C17H19ClN4O7S/c18-8-1-3-10-12(5-8)29-17(22-10)30-7-11(15(26)20-6-14(24)25)21-13(23)4-2-9(19)16(27)28/h1,3,5,9,11H,2,4,6-7,19H2,(H,20,26)(H,21,23)(H,24,25)(H,27,28)/t9-,11-/m0/s1. The second-order valence-electron chi connectivity index (χ2n) is 6.12. The molecule has 162 valence electrons. The molecule has 30 heavy (non-hydrogen) atoms. The van der Waals surface area contributed by atoms with Crippen LogP contribution in [0.4, 0.5) is 0 Å². The second-order valence-corrected chi connectivity index (χ2v) is 7.53. The highest BCUT2D eigenvalue weighted by molar-refractivity contribution is 7.99. The van der Waals surface area contributed by atoms with Gasteiger partial charge in [-0.3, -0.25) is 19.2 Å². The number of hydrogen-bond acceptors (Lipinski definition) is 8. The minimum atomic E-state index is -1.25. The molecule has 6 N–H and O–H groups in total. The molecule has 1 aromatic carbocycles. The van der Waals surface area contributed by atoms with Crippen LogP contribution in [-0.4, -0.2) is 63.3 Å². The van der Waals surface area contributed by atoms with Crippen LogP contribution in [0, 0.1) is 0 Å². The number of nitrogens with two attached hydrogens (primary N) is 1. The molecule has 13 heteroatoms. The summed E-state index contributed by atoms with van der Waals surface area (Å²) in [5.41, 5.74) is 6.36. The van der Waals surface area contributed by atoms with Crippen LogP contribution < -0.4 is 16.4 Å². The third kappa shape index (κ3) is 7.21. The van der Waals surface area contributed by atoms with Crippen molar-refractivity contribution in [2.24, 2.45) is 5.73 Å². The van der Waals surface area contributed by atoms with Gasteiger partial charge in [0.25, 0.3) is 5.22 Å². The summed E-state index contributed by atoms with van der Waals surface area (Å²) in [6.45, 7) is -0.624. The summed E-state index contributed by atoms with van der Waals surface area (Å²) in [5, 5.41) is 22.8. The van der Waals surface area contributed by atoms with Crippen LogP contribution in [0.5, 0.6) is 0 Å². The Labute approximate surface area is 179 Å². The number of nitrogens with one attached hydrogen (secondary N) is 2. The van der Waals surface area contributed by atoms with E-state index in [2.05, 4.69) is 15.6 Å². The van der Waals surface area contributed by atoms with Gasteiger partial charge in [-0.05, 0) is 18.6 Å². The Morgan fingerprint density at radius 1 is 1.27 bits per heavy atom. The predicted molar refractivity (Wildman–Crippen MR) is 107 cm³/mol. The molecular weight excluding hydrogens is 440 g/mol. The normalized spacial score (nSPS) is 12.9. The predicted octanol–water partition coefficient (Wildman–Crippen LogP) is 0.451. The fraction of sp³-hybridized carbons (Fsp3) is 0.353. The number of rotatable bonds is 11. The number of hydrogen-bond donors (Lipinski definition) is 5. The number of benzene rings is 1. The Morgan fingerprint density at radius 2 is 2.00 bits per heavy atom. The van der Waals surface area contributed by atoms with Crippen molar-refractivity contribution in [2.75, 3.05) is 12.3 Å². The van der Waals surface area contributed by atoms with E-state index < -0.39 is 42.4 Å². The molecular formula is C17H19ClN4O7S. The molecule has 0 spiro atoms. The molecule has 0 fully saturated rings. The second kappa shape index (κ2) is 10.8. The largest absolute Gasteiger partial charge is 0.480 e. The first-order valence-electron chi connectivity index (χ1n) is 8.62. The maximum atomic E-state index is 12.3. The number of carboxylic acid groups (broad SMARTS) is 2. The van der Waals surface area contributed by atoms with Gasteiger partial charge in [-0.25, -0.2) is 4.98 Å². The summed E-state index contributed by atoms with van der Waals surface area (Å²) in [7, 11) is 0. The summed E-state index contributed by atoms with van der Waals surface area (Å²) in [4.78, 5) is 50.0. The average Bonchev–Trinajstić information content (AvgIpc) is 3.09. The van der Waals surface area contributed by atoms with E-state index in [9.17, 15) is 19.2 Å².